The van der Waals surface area contributed by atoms with Gasteiger partial charge in [-0.1, -0.05) is 46.8 Å². The minimum absolute atomic E-state index is 0.125. The number of hydrogen-bond donors (Lipinski definition) is 0. The van der Waals surface area contributed by atoms with Crippen LogP contribution in [0.2, 0.25) is 0 Å². The second-order valence-corrected chi connectivity index (χ2v) is 6.14. The summed E-state index contributed by atoms with van der Waals surface area (Å²) in [6.45, 7) is 15.0. The van der Waals surface area contributed by atoms with E-state index in [1.165, 1.54) is 0 Å². The van der Waals surface area contributed by atoms with Crippen molar-refractivity contribution in [1.29, 1.82) is 0 Å². The zero-order chi connectivity index (χ0) is 11.6. The van der Waals surface area contributed by atoms with Gasteiger partial charge in [-0.2, -0.15) is 0 Å². The van der Waals surface area contributed by atoms with E-state index in [9.17, 15) is 0 Å². The summed E-state index contributed by atoms with van der Waals surface area (Å²) in [5.41, 5.74) is -0.0460. The van der Waals surface area contributed by atoms with Gasteiger partial charge in [-0.05, 0) is 24.7 Å². The molecule has 0 heterocycles. The van der Waals surface area contributed by atoms with E-state index in [1.807, 2.05) is 19.9 Å². The third-order valence-electron chi connectivity index (χ3n) is 3.03. The molecule has 0 radical (unpaired) electrons. The standard InChI is InChI=1S/C12H23ClO/c1-10(2,3)11(4,5)8-9-12(6,7)14-13/h8-9H,1-7H3. The van der Waals surface area contributed by atoms with Crippen LogP contribution in [0.5, 0.6) is 0 Å². The highest BCUT2D eigenvalue weighted by molar-refractivity contribution is 6.07. The van der Waals surface area contributed by atoms with Crippen molar-refractivity contribution in [3.8, 4) is 0 Å². The highest BCUT2D eigenvalue weighted by Gasteiger charge is 2.30. The van der Waals surface area contributed by atoms with E-state index < -0.39 is 5.60 Å². The van der Waals surface area contributed by atoms with E-state index in [0.29, 0.717) is 0 Å². The number of halogens is 1. The van der Waals surface area contributed by atoms with Crippen molar-refractivity contribution in [3.05, 3.63) is 12.2 Å². The summed E-state index contributed by atoms with van der Waals surface area (Å²) in [6, 6.07) is 0. The lowest BCUT2D eigenvalue weighted by molar-refractivity contribution is 0.167. The molecule has 0 aromatic rings. The van der Waals surface area contributed by atoms with E-state index in [1.54, 1.807) is 0 Å². The third kappa shape index (κ3) is 4.02. The van der Waals surface area contributed by atoms with Crippen molar-refractivity contribution in [2.24, 2.45) is 10.8 Å². The van der Waals surface area contributed by atoms with Gasteiger partial charge in [0.1, 0.15) is 5.60 Å². The first-order valence-corrected chi connectivity index (χ1v) is 5.33. The van der Waals surface area contributed by atoms with Gasteiger partial charge in [0.05, 0.1) is 11.9 Å². The molecule has 0 spiro atoms. The van der Waals surface area contributed by atoms with Crippen molar-refractivity contribution >= 4 is 11.9 Å². The minimum Gasteiger partial charge on any atom is -0.269 e. The summed E-state index contributed by atoms with van der Waals surface area (Å²) >= 11 is 5.39. The zero-order valence-electron chi connectivity index (χ0n) is 10.4. The van der Waals surface area contributed by atoms with Crippen molar-refractivity contribution in [1.82, 2.24) is 0 Å². The van der Waals surface area contributed by atoms with E-state index in [4.69, 9.17) is 16.2 Å². The molecule has 0 aromatic carbocycles. The first kappa shape index (κ1) is 14.0. The lowest BCUT2D eigenvalue weighted by atomic mass is 9.69. The van der Waals surface area contributed by atoms with E-state index in [2.05, 4.69) is 40.7 Å². The van der Waals surface area contributed by atoms with Crippen LogP contribution >= 0.6 is 11.9 Å². The Bertz CT molecular complexity index is 209. The second kappa shape index (κ2) is 4.24. The topological polar surface area (TPSA) is 9.23 Å². The summed E-state index contributed by atoms with van der Waals surface area (Å²) in [4.78, 5) is 0. The van der Waals surface area contributed by atoms with Crippen LogP contribution in [0, 0.1) is 10.8 Å². The minimum atomic E-state index is -0.399. The molecule has 0 aromatic heterocycles. The highest BCUT2D eigenvalue weighted by atomic mass is 35.5. The Labute approximate surface area is 93.7 Å². The van der Waals surface area contributed by atoms with Crippen LogP contribution < -0.4 is 0 Å². The van der Waals surface area contributed by atoms with Gasteiger partial charge in [-0.15, -0.1) is 0 Å². The molecule has 0 fully saturated rings. The van der Waals surface area contributed by atoms with Crippen LogP contribution in [0.4, 0.5) is 0 Å². The molecule has 0 aliphatic rings. The highest BCUT2D eigenvalue weighted by Crippen LogP contribution is 2.39. The SMILES string of the molecule is CC(C)(C=CC(C)(C)C(C)(C)C)OCl. The monoisotopic (exact) mass is 218 g/mol. The molecule has 0 saturated heterocycles. The maximum absolute atomic E-state index is 5.39. The average molecular weight is 219 g/mol. The van der Waals surface area contributed by atoms with Crippen LogP contribution in [0.25, 0.3) is 0 Å². The fourth-order valence-electron chi connectivity index (χ4n) is 0.685. The van der Waals surface area contributed by atoms with Crippen molar-refractivity contribution < 1.29 is 4.29 Å². The van der Waals surface area contributed by atoms with Crippen LogP contribution in [0.1, 0.15) is 48.5 Å². The van der Waals surface area contributed by atoms with Gasteiger partial charge in [-0.25, -0.2) is 0 Å². The molecule has 0 atom stereocenters. The van der Waals surface area contributed by atoms with Crippen LogP contribution in [0.3, 0.4) is 0 Å². The predicted molar refractivity (Wildman–Crippen MR) is 63.4 cm³/mol. The molecule has 14 heavy (non-hydrogen) atoms. The molecule has 84 valence electrons. The Morgan fingerprint density at radius 2 is 1.29 bits per heavy atom. The van der Waals surface area contributed by atoms with E-state index in [-0.39, 0.29) is 10.8 Å². The van der Waals surface area contributed by atoms with Gasteiger partial charge in [0, 0.05) is 0 Å². The first-order valence-electron chi connectivity index (χ1n) is 5.02. The molecule has 0 saturated carbocycles. The maximum atomic E-state index is 5.39. The molecule has 0 aliphatic heterocycles. The number of allylic oxidation sites excluding steroid dienone is 1. The van der Waals surface area contributed by atoms with Gasteiger partial charge in [-0.3, -0.25) is 4.29 Å². The third-order valence-corrected chi connectivity index (χ3v) is 3.43. The summed E-state index contributed by atoms with van der Waals surface area (Å²) < 4.78 is 4.83. The molecular formula is C12H23ClO. The fraction of sp³-hybridized carbons (Fsp3) is 0.833. The number of rotatable bonds is 3. The Balaban J connectivity index is 4.68. The molecule has 0 amide bonds. The van der Waals surface area contributed by atoms with Crippen molar-refractivity contribution in [3.63, 3.8) is 0 Å². The number of hydrogen-bond acceptors (Lipinski definition) is 1. The summed E-state index contributed by atoms with van der Waals surface area (Å²) in [7, 11) is 0. The van der Waals surface area contributed by atoms with Gasteiger partial charge in [0.25, 0.3) is 0 Å². The summed E-state index contributed by atoms with van der Waals surface area (Å²) in [5.74, 6) is 0. The molecule has 2 heteroatoms. The molecule has 0 bridgehead atoms. The van der Waals surface area contributed by atoms with Crippen LogP contribution in [0.15, 0.2) is 12.2 Å². The molecule has 0 rings (SSSR count). The molecular weight excluding hydrogens is 196 g/mol. The lowest BCUT2D eigenvalue weighted by Gasteiger charge is -2.37. The van der Waals surface area contributed by atoms with Gasteiger partial charge >= 0.3 is 0 Å². The lowest BCUT2D eigenvalue weighted by Crippen LogP contribution is -2.28. The normalized spacial score (nSPS) is 15.1. The van der Waals surface area contributed by atoms with Crippen LogP contribution in [-0.4, -0.2) is 5.60 Å². The quantitative estimate of drug-likeness (QED) is 0.631. The van der Waals surface area contributed by atoms with Gasteiger partial charge < -0.3 is 0 Å². The largest absolute Gasteiger partial charge is 0.269 e. The molecule has 0 N–H and O–H groups in total. The summed E-state index contributed by atoms with van der Waals surface area (Å²) in [6.07, 6.45) is 4.20. The van der Waals surface area contributed by atoms with E-state index in [0.717, 1.165) is 0 Å². The molecule has 0 unspecified atom stereocenters. The Kier molecular flexibility index (Phi) is 4.24. The van der Waals surface area contributed by atoms with Crippen molar-refractivity contribution in [2.75, 3.05) is 0 Å². The Morgan fingerprint density at radius 3 is 1.57 bits per heavy atom. The zero-order valence-corrected chi connectivity index (χ0v) is 11.2. The smallest absolute Gasteiger partial charge is 0.102 e. The predicted octanol–water partition coefficient (Wildman–Crippen LogP) is 4.56. The Morgan fingerprint density at radius 1 is 0.857 bits per heavy atom. The van der Waals surface area contributed by atoms with Crippen molar-refractivity contribution in [2.45, 2.75) is 54.1 Å². The van der Waals surface area contributed by atoms with Gasteiger partial charge in [0.15, 0.2) is 0 Å². The fourth-order valence-corrected chi connectivity index (χ4v) is 0.736. The van der Waals surface area contributed by atoms with E-state index >= 15 is 0 Å². The second-order valence-electron chi connectivity index (χ2n) is 5.99. The Hall–Kier alpha value is -0.0100. The first-order chi connectivity index (χ1) is 6.02. The molecule has 0 aliphatic carbocycles. The average Bonchev–Trinajstić information content (AvgIpc) is 1.99. The maximum Gasteiger partial charge on any atom is 0.102 e. The van der Waals surface area contributed by atoms with Crippen LogP contribution in [-0.2, 0) is 4.29 Å². The summed E-state index contributed by atoms with van der Waals surface area (Å²) in [5, 5.41) is 0. The van der Waals surface area contributed by atoms with Gasteiger partial charge in [0.2, 0.25) is 0 Å². The molecule has 1 nitrogen and oxygen atoms in total.